The van der Waals surface area contributed by atoms with Crippen LogP contribution in [0.1, 0.15) is 0 Å². The predicted molar refractivity (Wildman–Crippen MR) is 101 cm³/mol. The molecule has 3 heterocycles. The Morgan fingerprint density at radius 2 is 1.85 bits per heavy atom. The van der Waals surface area contributed by atoms with E-state index in [4.69, 9.17) is 4.42 Å². The van der Waals surface area contributed by atoms with E-state index in [9.17, 15) is 9.59 Å². The summed E-state index contributed by atoms with van der Waals surface area (Å²) in [7, 11) is 2.09. The second kappa shape index (κ2) is 7.20. The summed E-state index contributed by atoms with van der Waals surface area (Å²) >= 11 is 0. The molecule has 140 valence electrons. The van der Waals surface area contributed by atoms with Gasteiger partial charge in [0.1, 0.15) is 6.54 Å². The van der Waals surface area contributed by atoms with Gasteiger partial charge < -0.3 is 19.5 Å². The number of carbonyl (C=O) groups is 1. The van der Waals surface area contributed by atoms with Gasteiger partial charge in [0.25, 0.3) is 0 Å². The lowest BCUT2D eigenvalue weighted by atomic mass is 10.3. The highest BCUT2D eigenvalue weighted by Gasteiger charge is 2.17. The first-order valence-electron chi connectivity index (χ1n) is 8.74. The van der Waals surface area contributed by atoms with E-state index in [-0.39, 0.29) is 12.5 Å². The highest BCUT2D eigenvalue weighted by molar-refractivity contribution is 5.91. The molecular formula is C18H20N6O3. The van der Waals surface area contributed by atoms with Gasteiger partial charge in [-0.2, -0.15) is 0 Å². The number of hydrogen-bond acceptors (Lipinski definition) is 7. The number of carbonyl (C=O) groups excluding carboxylic acids is 1. The first-order chi connectivity index (χ1) is 13.1. The minimum Gasteiger partial charge on any atom is -0.408 e. The third-order valence-electron chi connectivity index (χ3n) is 4.58. The summed E-state index contributed by atoms with van der Waals surface area (Å²) in [4.78, 5) is 37.3. The monoisotopic (exact) mass is 368 g/mol. The van der Waals surface area contributed by atoms with E-state index >= 15 is 0 Å². The molecule has 1 saturated heterocycles. The molecule has 0 aliphatic carbocycles. The predicted octanol–water partition coefficient (Wildman–Crippen LogP) is 0.775. The lowest BCUT2D eigenvalue weighted by Crippen LogP contribution is -2.45. The molecule has 1 N–H and O–H groups in total. The molecule has 1 aliphatic rings. The molecule has 1 aromatic carbocycles. The first-order valence-corrected chi connectivity index (χ1v) is 8.74. The number of likely N-dealkylation sites (N-methyl/N-ethyl adjacent to an activating group) is 1. The third-order valence-corrected chi connectivity index (χ3v) is 4.58. The van der Waals surface area contributed by atoms with Crippen LogP contribution in [0.15, 0.2) is 45.9 Å². The van der Waals surface area contributed by atoms with Gasteiger partial charge in [-0.25, -0.2) is 14.8 Å². The fraction of sp³-hybridized carbons (Fsp3) is 0.333. The molecule has 3 aromatic rings. The van der Waals surface area contributed by atoms with E-state index in [2.05, 4.69) is 32.1 Å². The number of fused-ring (bicyclic) bond motifs is 1. The molecule has 0 saturated carbocycles. The Kier molecular flexibility index (Phi) is 4.59. The zero-order chi connectivity index (χ0) is 18.8. The summed E-state index contributed by atoms with van der Waals surface area (Å²) in [5.74, 6) is -0.259. The largest absolute Gasteiger partial charge is 0.420 e. The molecule has 9 nitrogen and oxygen atoms in total. The molecule has 0 radical (unpaired) electrons. The van der Waals surface area contributed by atoms with Gasteiger partial charge in [0.15, 0.2) is 5.58 Å². The van der Waals surface area contributed by atoms with Gasteiger partial charge in [-0.3, -0.25) is 9.36 Å². The number of nitrogens with zero attached hydrogens (tertiary/aromatic N) is 5. The summed E-state index contributed by atoms with van der Waals surface area (Å²) < 4.78 is 6.43. The molecule has 1 aliphatic heterocycles. The Bertz CT molecular complexity index is 1000. The van der Waals surface area contributed by atoms with E-state index in [1.54, 1.807) is 36.7 Å². The molecule has 0 unspecified atom stereocenters. The van der Waals surface area contributed by atoms with Crippen molar-refractivity contribution in [2.24, 2.45) is 0 Å². The van der Waals surface area contributed by atoms with Crippen molar-refractivity contribution in [1.82, 2.24) is 19.4 Å². The number of piperazine rings is 1. The van der Waals surface area contributed by atoms with Crippen molar-refractivity contribution >= 4 is 28.6 Å². The van der Waals surface area contributed by atoms with Crippen LogP contribution in [0.4, 0.5) is 11.6 Å². The summed E-state index contributed by atoms with van der Waals surface area (Å²) in [5, 5.41) is 2.72. The average molecular weight is 368 g/mol. The number of para-hydroxylation sites is 2. The number of oxazole rings is 1. The maximum absolute atomic E-state index is 12.3. The Balaban J connectivity index is 1.42. The molecular weight excluding hydrogens is 348 g/mol. The number of aromatic nitrogens is 3. The number of amides is 1. The maximum atomic E-state index is 12.3. The van der Waals surface area contributed by atoms with Crippen molar-refractivity contribution in [1.29, 1.82) is 0 Å². The van der Waals surface area contributed by atoms with Crippen LogP contribution in [0.5, 0.6) is 0 Å². The van der Waals surface area contributed by atoms with Crippen molar-refractivity contribution in [2.75, 3.05) is 43.4 Å². The first kappa shape index (κ1) is 17.2. The van der Waals surface area contributed by atoms with Crippen LogP contribution in [0.3, 0.4) is 0 Å². The Morgan fingerprint density at radius 3 is 2.59 bits per heavy atom. The minimum absolute atomic E-state index is 0.143. The van der Waals surface area contributed by atoms with Gasteiger partial charge in [-0.15, -0.1) is 0 Å². The van der Waals surface area contributed by atoms with Crippen LogP contribution in [0.25, 0.3) is 11.1 Å². The third kappa shape index (κ3) is 3.68. The van der Waals surface area contributed by atoms with E-state index in [1.807, 2.05) is 0 Å². The van der Waals surface area contributed by atoms with Crippen molar-refractivity contribution in [3.63, 3.8) is 0 Å². The fourth-order valence-corrected chi connectivity index (χ4v) is 3.06. The minimum atomic E-state index is -0.562. The lowest BCUT2D eigenvalue weighted by Gasteiger charge is -2.32. The van der Waals surface area contributed by atoms with Crippen LogP contribution >= 0.6 is 0 Å². The van der Waals surface area contributed by atoms with Gasteiger partial charge in [0, 0.05) is 26.2 Å². The summed E-state index contributed by atoms with van der Waals surface area (Å²) in [5.41, 5.74) is 1.52. The zero-order valence-electron chi connectivity index (χ0n) is 15.0. The Hall–Kier alpha value is -3.20. The highest BCUT2D eigenvalue weighted by Crippen LogP contribution is 2.14. The molecule has 2 aromatic heterocycles. The molecule has 9 heteroatoms. The topological polar surface area (TPSA) is 96.5 Å². The number of rotatable bonds is 4. The SMILES string of the molecule is CN1CCN(c2ncc(NC(=O)Cn3c(=O)oc4ccccc43)cn2)CC1. The van der Waals surface area contributed by atoms with Crippen LogP contribution in [0.2, 0.25) is 0 Å². The van der Waals surface area contributed by atoms with Gasteiger partial charge in [0.2, 0.25) is 11.9 Å². The summed E-state index contributed by atoms with van der Waals surface area (Å²) in [6.07, 6.45) is 3.16. The van der Waals surface area contributed by atoms with Crippen molar-refractivity contribution < 1.29 is 9.21 Å². The second-order valence-electron chi connectivity index (χ2n) is 6.53. The maximum Gasteiger partial charge on any atom is 0.420 e. The van der Waals surface area contributed by atoms with Gasteiger partial charge >= 0.3 is 5.76 Å². The van der Waals surface area contributed by atoms with Crippen molar-refractivity contribution in [3.05, 3.63) is 47.2 Å². The summed E-state index contributed by atoms with van der Waals surface area (Å²) in [6, 6.07) is 6.99. The summed E-state index contributed by atoms with van der Waals surface area (Å²) in [6.45, 7) is 3.54. The smallest absolute Gasteiger partial charge is 0.408 e. The number of benzene rings is 1. The van der Waals surface area contributed by atoms with Crippen LogP contribution in [-0.4, -0.2) is 58.6 Å². The number of nitrogens with one attached hydrogen (secondary N) is 1. The van der Waals surface area contributed by atoms with E-state index in [0.29, 0.717) is 22.7 Å². The number of anilines is 2. The molecule has 27 heavy (non-hydrogen) atoms. The Morgan fingerprint density at radius 1 is 1.15 bits per heavy atom. The van der Waals surface area contributed by atoms with Gasteiger partial charge in [-0.05, 0) is 19.2 Å². The molecule has 0 atom stereocenters. The standard InChI is InChI=1S/C18H20N6O3/c1-22-6-8-23(9-7-22)17-19-10-13(11-20-17)21-16(25)12-24-14-4-2-3-5-15(14)27-18(24)26/h2-5,10-11H,6-9,12H2,1H3,(H,21,25). The van der Waals surface area contributed by atoms with E-state index < -0.39 is 5.76 Å². The van der Waals surface area contributed by atoms with Crippen LogP contribution in [-0.2, 0) is 11.3 Å². The highest BCUT2D eigenvalue weighted by atomic mass is 16.4. The zero-order valence-corrected chi connectivity index (χ0v) is 15.0. The van der Waals surface area contributed by atoms with E-state index in [0.717, 1.165) is 26.2 Å². The Labute approximate surface area is 155 Å². The van der Waals surface area contributed by atoms with Crippen molar-refractivity contribution in [2.45, 2.75) is 6.54 Å². The fourth-order valence-electron chi connectivity index (χ4n) is 3.06. The average Bonchev–Trinajstić information content (AvgIpc) is 2.98. The van der Waals surface area contributed by atoms with Crippen LogP contribution in [0, 0.1) is 0 Å². The molecule has 1 fully saturated rings. The number of hydrogen-bond donors (Lipinski definition) is 1. The lowest BCUT2D eigenvalue weighted by molar-refractivity contribution is -0.116. The molecule has 4 rings (SSSR count). The van der Waals surface area contributed by atoms with Gasteiger partial charge in [-0.1, -0.05) is 12.1 Å². The molecule has 0 bridgehead atoms. The quantitative estimate of drug-likeness (QED) is 0.727. The second-order valence-corrected chi connectivity index (χ2v) is 6.53. The molecule has 1 amide bonds. The van der Waals surface area contributed by atoms with Gasteiger partial charge in [0.05, 0.1) is 23.6 Å². The molecule has 0 spiro atoms. The van der Waals surface area contributed by atoms with Crippen LogP contribution < -0.4 is 16.0 Å². The normalized spacial score (nSPS) is 15.2. The van der Waals surface area contributed by atoms with E-state index in [1.165, 1.54) is 4.57 Å². The van der Waals surface area contributed by atoms with Crippen molar-refractivity contribution in [3.8, 4) is 0 Å².